The van der Waals surface area contributed by atoms with Gasteiger partial charge in [0.15, 0.2) is 0 Å². The van der Waals surface area contributed by atoms with E-state index in [1.54, 1.807) is 0 Å². The molecule has 0 amide bonds. The van der Waals surface area contributed by atoms with Crippen LogP contribution in [0.2, 0.25) is 0 Å². The Morgan fingerprint density at radius 1 is 1.29 bits per heavy atom. The largest absolute Gasteiger partial charge is 0.314 e. The molecule has 102 valence electrons. The van der Waals surface area contributed by atoms with Crippen LogP contribution in [0.15, 0.2) is 0 Å². The van der Waals surface area contributed by atoms with Crippen LogP contribution in [0.4, 0.5) is 0 Å². The van der Waals surface area contributed by atoms with Crippen LogP contribution in [0.25, 0.3) is 0 Å². The molecule has 0 spiro atoms. The zero-order chi connectivity index (χ0) is 12.8. The fourth-order valence-electron chi connectivity index (χ4n) is 3.01. The van der Waals surface area contributed by atoms with Gasteiger partial charge in [0.2, 0.25) is 0 Å². The monoisotopic (exact) mass is 240 g/mol. The summed E-state index contributed by atoms with van der Waals surface area (Å²) >= 11 is 0. The molecule has 0 aromatic carbocycles. The van der Waals surface area contributed by atoms with E-state index in [4.69, 9.17) is 0 Å². The summed E-state index contributed by atoms with van der Waals surface area (Å²) in [7, 11) is 0. The Morgan fingerprint density at radius 3 is 2.59 bits per heavy atom. The molecule has 0 aliphatic carbocycles. The van der Waals surface area contributed by atoms with Crippen molar-refractivity contribution in [1.29, 1.82) is 0 Å². The topological polar surface area (TPSA) is 15.3 Å². The summed E-state index contributed by atoms with van der Waals surface area (Å²) in [5.41, 5.74) is 0. The van der Waals surface area contributed by atoms with Gasteiger partial charge < -0.3 is 10.2 Å². The fourth-order valence-corrected chi connectivity index (χ4v) is 3.01. The molecule has 1 aliphatic rings. The number of hydrogen-bond acceptors (Lipinski definition) is 2. The van der Waals surface area contributed by atoms with E-state index in [-0.39, 0.29) is 0 Å². The molecule has 1 fully saturated rings. The smallest absolute Gasteiger partial charge is 0.0120 e. The van der Waals surface area contributed by atoms with Gasteiger partial charge in [-0.15, -0.1) is 0 Å². The Kier molecular flexibility index (Phi) is 6.50. The van der Waals surface area contributed by atoms with Crippen molar-refractivity contribution in [3.05, 3.63) is 0 Å². The van der Waals surface area contributed by atoms with Gasteiger partial charge in [-0.2, -0.15) is 0 Å². The lowest BCUT2D eigenvalue weighted by atomic mass is 9.86. The van der Waals surface area contributed by atoms with E-state index in [9.17, 15) is 0 Å². The number of hydrogen-bond donors (Lipinski definition) is 1. The second-order valence-corrected chi connectivity index (χ2v) is 6.12. The van der Waals surface area contributed by atoms with E-state index in [0.717, 1.165) is 30.5 Å². The van der Waals surface area contributed by atoms with E-state index in [1.165, 1.54) is 32.4 Å². The Balaban J connectivity index is 2.34. The first-order chi connectivity index (χ1) is 8.06. The molecule has 0 saturated carbocycles. The number of piperidine rings is 1. The predicted octanol–water partition coefficient (Wildman–Crippen LogP) is 3.13. The Hall–Kier alpha value is -0.0800. The van der Waals surface area contributed by atoms with Crippen molar-refractivity contribution in [3.63, 3.8) is 0 Å². The van der Waals surface area contributed by atoms with Crippen LogP contribution in [0.3, 0.4) is 0 Å². The van der Waals surface area contributed by atoms with Crippen LogP contribution in [0, 0.1) is 11.8 Å². The molecule has 1 N–H and O–H groups in total. The number of nitrogens with zero attached hydrogens (tertiary/aromatic N) is 1. The van der Waals surface area contributed by atoms with Crippen LogP contribution in [-0.4, -0.2) is 36.6 Å². The van der Waals surface area contributed by atoms with E-state index in [2.05, 4.69) is 44.8 Å². The first kappa shape index (κ1) is 15.0. The third-order valence-electron chi connectivity index (χ3n) is 4.39. The molecule has 1 rings (SSSR count). The van der Waals surface area contributed by atoms with Crippen molar-refractivity contribution >= 4 is 0 Å². The van der Waals surface area contributed by atoms with Crippen LogP contribution in [-0.2, 0) is 0 Å². The van der Waals surface area contributed by atoms with Gasteiger partial charge in [0.05, 0.1) is 0 Å². The Labute approximate surface area is 108 Å². The third-order valence-corrected chi connectivity index (χ3v) is 4.39. The summed E-state index contributed by atoms with van der Waals surface area (Å²) in [6.07, 6.45) is 4.05. The highest BCUT2D eigenvalue weighted by Crippen LogP contribution is 2.24. The highest BCUT2D eigenvalue weighted by atomic mass is 15.2. The Morgan fingerprint density at radius 2 is 2.00 bits per heavy atom. The van der Waals surface area contributed by atoms with Crippen molar-refractivity contribution in [2.75, 3.05) is 19.6 Å². The lowest BCUT2D eigenvalue weighted by Crippen LogP contribution is -2.53. The average Bonchev–Trinajstić information content (AvgIpc) is 2.28. The maximum atomic E-state index is 3.63. The van der Waals surface area contributed by atoms with Gasteiger partial charge in [-0.05, 0) is 57.7 Å². The quantitative estimate of drug-likeness (QED) is 0.767. The maximum absolute atomic E-state index is 3.63. The molecule has 0 bridgehead atoms. The third kappa shape index (κ3) is 4.59. The van der Waals surface area contributed by atoms with Crippen molar-refractivity contribution in [2.45, 2.75) is 66.0 Å². The van der Waals surface area contributed by atoms with E-state index in [0.29, 0.717) is 0 Å². The summed E-state index contributed by atoms with van der Waals surface area (Å²) < 4.78 is 0. The molecule has 1 aliphatic heterocycles. The summed E-state index contributed by atoms with van der Waals surface area (Å²) in [4.78, 5) is 2.70. The van der Waals surface area contributed by atoms with Crippen LogP contribution < -0.4 is 5.32 Å². The van der Waals surface area contributed by atoms with Crippen LogP contribution >= 0.6 is 0 Å². The number of likely N-dealkylation sites (tertiary alicyclic amines) is 1. The lowest BCUT2D eigenvalue weighted by Gasteiger charge is -2.43. The van der Waals surface area contributed by atoms with E-state index < -0.39 is 0 Å². The van der Waals surface area contributed by atoms with Crippen LogP contribution in [0.5, 0.6) is 0 Å². The molecule has 3 unspecified atom stereocenters. The van der Waals surface area contributed by atoms with E-state index >= 15 is 0 Å². The van der Waals surface area contributed by atoms with Gasteiger partial charge in [0.25, 0.3) is 0 Å². The van der Waals surface area contributed by atoms with Crippen LogP contribution in [0.1, 0.15) is 53.9 Å². The van der Waals surface area contributed by atoms with Crippen molar-refractivity contribution < 1.29 is 0 Å². The molecular formula is C15H32N2. The molecular weight excluding hydrogens is 208 g/mol. The summed E-state index contributed by atoms with van der Waals surface area (Å²) in [6.45, 7) is 15.4. The lowest BCUT2D eigenvalue weighted by molar-refractivity contribution is 0.0831. The minimum absolute atomic E-state index is 0.733. The van der Waals surface area contributed by atoms with Gasteiger partial charge in [0, 0.05) is 12.1 Å². The molecule has 0 radical (unpaired) electrons. The molecule has 2 nitrogen and oxygen atoms in total. The number of rotatable bonds is 6. The van der Waals surface area contributed by atoms with Gasteiger partial charge in [-0.1, -0.05) is 27.7 Å². The summed E-state index contributed by atoms with van der Waals surface area (Å²) in [5, 5.41) is 3.63. The van der Waals surface area contributed by atoms with Gasteiger partial charge in [-0.3, -0.25) is 0 Å². The fraction of sp³-hybridized carbons (Fsp3) is 1.00. The first-order valence-corrected chi connectivity index (χ1v) is 7.53. The highest BCUT2D eigenvalue weighted by Gasteiger charge is 2.31. The first-order valence-electron chi connectivity index (χ1n) is 7.53. The van der Waals surface area contributed by atoms with Gasteiger partial charge in [0.1, 0.15) is 0 Å². The second kappa shape index (κ2) is 7.38. The molecule has 2 heteroatoms. The maximum Gasteiger partial charge on any atom is 0.0120 e. The molecule has 0 aromatic rings. The summed E-state index contributed by atoms with van der Waals surface area (Å²) in [6, 6.07) is 1.47. The zero-order valence-electron chi connectivity index (χ0n) is 12.5. The van der Waals surface area contributed by atoms with Crippen molar-refractivity contribution in [2.24, 2.45) is 11.8 Å². The average molecular weight is 240 g/mol. The van der Waals surface area contributed by atoms with Crippen molar-refractivity contribution in [1.82, 2.24) is 10.2 Å². The normalized spacial score (nSPS) is 31.1. The molecule has 3 atom stereocenters. The zero-order valence-corrected chi connectivity index (χ0v) is 12.5. The minimum atomic E-state index is 0.733. The standard InChI is InChI=1S/C15H32N2/c1-6-16-15-9-11-17(14(5)13(15)4)10-7-8-12(2)3/h12-16H,6-11H2,1-5H3. The SMILES string of the molecule is CCNC1CCN(CCCC(C)C)C(C)C1C. The molecule has 17 heavy (non-hydrogen) atoms. The van der Waals surface area contributed by atoms with Gasteiger partial charge in [-0.25, -0.2) is 0 Å². The predicted molar refractivity (Wildman–Crippen MR) is 76.4 cm³/mol. The van der Waals surface area contributed by atoms with Gasteiger partial charge >= 0.3 is 0 Å². The van der Waals surface area contributed by atoms with E-state index in [1.807, 2.05) is 0 Å². The minimum Gasteiger partial charge on any atom is -0.314 e. The number of nitrogens with one attached hydrogen (secondary N) is 1. The highest BCUT2D eigenvalue weighted by molar-refractivity contribution is 4.88. The Bertz CT molecular complexity index is 203. The molecule has 1 saturated heterocycles. The molecule has 1 heterocycles. The van der Waals surface area contributed by atoms with Crippen molar-refractivity contribution in [3.8, 4) is 0 Å². The second-order valence-electron chi connectivity index (χ2n) is 6.12. The summed E-state index contributed by atoms with van der Waals surface area (Å²) in [5.74, 6) is 1.63. The molecule has 0 aromatic heterocycles.